The maximum atomic E-state index is 14.1. The Morgan fingerprint density at radius 2 is 1.75 bits per heavy atom. The van der Waals surface area contributed by atoms with Crippen molar-refractivity contribution in [2.45, 2.75) is 71.2 Å². The van der Waals surface area contributed by atoms with Crippen LogP contribution in [0.15, 0.2) is 65.9 Å². The van der Waals surface area contributed by atoms with Gasteiger partial charge in [0, 0.05) is 43.0 Å². The van der Waals surface area contributed by atoms with Gasteiger partial charge < -0.3 is 25.3 Å². The van der Waals surface area contributed by atoms with Crippen molar-refractivity contribution in [2.75, 3.05) is 13.1 Å². The molecule has 1 saturated heterocycles. The number of hydrazone groups is 1. The standard InChI is InChI=1S/C33H40N6O5/c1-32(2,3)44-31(43)36-33(4,5)30(42)35-27(17-22-18-34-25-14-10-9-13-23(22)25)29(41)38-16-15-26-24(20-38)28(40)39(37-26)19-21-11-7-6-8-12-21/h6-14,18,24,27,34H,15-17,19-20H2,1-5H3,(H,35,42)(H,36,43). The van der Waals surface area contributed by atoms with E-state index >= 15 is 0 Å². The molecule has 2 aliphatic rings. The van der Waals surface area contributed by atoms with Crippen LogP contribution >= 0.6 is 0 Å². The van der Waals surface area contributed by atoms with Gasteiger partial charge in [-0.1, -0.05) is 48.5 Å². The summed E-state index contributed by atoms with van der Waals surface area (Å²) >= 11 is 0. The molecule has 0 bridgehead atoms. The summed E-state index contributed by atoms with van der Waals surface area (Å²) in [6.07, 6.45) is 1.78. The Hall–Kier alpha value is -4.67. The van der Waals surface area contributed by atoms with Crippen LogP contribution in [0.1, 0.15) is 52.2 Å². The largest absolute Gasteiger partial charge is 0.444 e. The van der Waals surface area contributed by atoms with Gasteiger partial charge in [0.2, 0.25) is 11.8 Å². The van der Waals surface area contributed by atoms with Gasteiger partial charge in [-0.2, -0.15) is 5.10 Å². The van der Waals surface area contributed by atoms with Crippen molar-refractivity contribution in [1.82, 2.24) is 25.5 Å². The van der Waals surface area contributed by atoms with Crippen molar-refractivity contribution in [3.8, 4) is 0 Å². The molecule has 3 aromatic rings. The highest BCUT2D eigenvalue weighted by molar-refractivity contribution is 6.09. The van der Waals surface area contributed by atoms with Crippen LogP contribution in [0.25, 0.3) is 10.9 Å². The minimum absolute atomic E-state index is 0.138. The molecule has 2 aliphatic heterocycles. The Morgan fingerprint density at radius 1 is 1.05 bits per heavy atom. The molecule has 44 heavy (non-hydrogen) atoms. The van der Waals surface area contributed by atoms with Crippen LogP contribution in [0.4, 0.5) is 4.79 Å². The molecule has 0 aliphatic carbocycles. The highest BCUT2D eigenvalue weighted by Crippen LogP contribution is 2.27. The number of hydrogen-bond acceptors (Lipinski definition) is 6. The van der Waals surface area contributed by atoms with E-state index in [1.165, 1.54) is 5.01 Å². The third kappa shape index (κ3) is 6.93. The van der Waals surface area contributed by atoms with E-state index in [-0.39, 0.29) is 24.8 Å². The number of benzene rings is 2. The van der Waals surface area contributed by atoms with Crippen LogP contribution in [-0.2, 0) is 32.1 Å². The molecule has 0 saturated carbocycles. The number of H-pyrrole nitrogens is 1. The maximum absolute atomic E-state index is 14.1. The molecule has 5 rings (SSSR count). The highest BCUT2D eigenvalue weighted by atomic mass is 16.6. The number of piperidine rings is 1. The molecule has 4 amide bonds. The molecule has 2 unspecified atom stereocenters. The van der Waals surface area contributed by atoms with Gasteiger partial charge in [0.15, 0.2) is 0 Å². The SMILES string of the molecule is CC(C)(C)OC(=O)NC(C)(C)C(=O)NC(Cc1c[nH]c2ccccc12)C(=O)N1CCC2=NN(Cc3ccccc3)C(=O)C2C1. The average Bonchev–Trinajstić information content (AvgIpc) is 3.51. The fraction of sp³-hybridized carbons (Fsp3) is 0.424. The normalized spacial score (nSPS) is 17.6. The fourth-order valence-electron chi connectivity index (χ4n) is 5.53. The second-order valence-electron chi connectivity index (χ2n) is 12.9. The third-order valence-electron chi connectivity index (χ3n) is 7.82. The summed E-state index contributed by atoms with van der Waals surface area (Å²) < 4.78 is 5.34. The van der Waals surface area contributed by atoms with E-state index in [1.54, 1.807) is 39.5 Å². The molecule has 232 valence electrons. The van der Waals surface area contributed by atoms with E-state index in [0.717, 1.165) is 27.7 Å². The summed E-state index contributed by atoms with van der Waals surface area (Å²) in [6.45, 7) is 9.25. The number of carbonyl (C=O) groups is 4. The Balaban J connectivity index is 1.33. The fourth-order valence-corrected chi connectivity index (χ4v) is 5.53. The Bertz CT molecular complexity index is 1590. The predicted octanol–water partition coefficient (Wildman–Crippen LogP) is 3.75. The molecule has 0 radical (unpaired) electrons. The molecule has 3 heterocycles. The van der Waals surface area contributed by atoms with Crippen LogP contribution < -0.4 is 10.6 Å². The molecule has 2 aromatic carbocycles. The van der Waals surface area contributed by atoms with Gasteiger partial charge in [0.1, 0.15) is 17.2 Å². The van der Waals surface area contributed by atoms with Gasteiger partial charge in [-0.05, 0) is 51.8 Å². The summed E-state index contributed by atoms with van der Waals surface area (Å²) in [6, 6.07) is 16.4. The Kier molecular flexibility index (Phi) is 8.49. The lowest BCUT2D eigenvalue weighted by Crippen LogP contribution is -2.61. The average molecular weight is 601 g/mol. The zero-order valence-electron chi connectivity index (χ0n) is 25.8. The molecular weight excluding hydrogens is 560 g/mol. The molecule has 1 aromatic heterocycles. The molecular formula is C33H40N6O5. The minimum atomic E-state index is -1.37. The van der Waals surface area contributed by atoms with Crippen molar-refractivity contribution >= 4 is 40.4 Å². The second-order valence-corrected chi connectivity index (χ2v) is 12.9. The van der Waals surface area contributed by atoms with E-state index in [9.17, 15) is 19.2 Å². The van der Waals surface area contributed by atoms with E-state index in [2.05, 4.69) is 20.7 Å². The first-order valence-corrected chi connectivity index (χ1v) is 14.9. The van der Waals surface area contributed by atoms with Crippen molar-refractivity contribution in [1.29, 1.82) is 0 Å². The lowest BCUT2D eigenvalue weighted by molar-refractivity contribution is -0.140. The Morgan fingerprint density at radius 3 is 2.48 bits per heavy atom. The van der Waals surface area contributed by atoms with Gasteiger partial charge in [0.25, 0.3) is 5.91 Å². The minimum Gasteiger partial charge on any atom is -0.444 e. The summed E-state index contributed by atoms with van der Waals surface area (Å²) in [7, 11) is 0. The summed E-state index contributed by atoms with van der Waals surface area (Å²) in [4.78, 5) is 58.4. The number of aromatic nitrogens is 1. The number of para-hydroxylation sites is 1. The molecule has 3 N–H and O–H groups in total. The van der Waals surface area contributed by atoms with Gasteiger partial charge >= 0.3 is 6.09 Å². The number of amides is 4. The molecule has 11 nitrogen and oxygen atoms in total. The van der Waals surface area contributed by atoms with Crippen LogP contribution in [0, 0.1) is 5.92 Å². The first kappa shape index (κ1) is 30.8. The molecule has 11 heteroatoms. The van der Waals surface area contributed by atoms with Crippen LogP contribution in [-0.4, -0.2) is 74.7 Å². The maximum Gasteiger partial charge on any atom is 0.408 e. The summed E-state index contributed by atoms with van der Waals surface area (Å²) in [5.74, 6) is -1.50. The van der Waals surface area contributed by atoms with Gasteiger partial charge in [-0.3, -0.25) is 14.4 Å². The van der Waals surface area contributed by atoms with Crippen LogP contribution in [0.5, 0.6) is 0 Å². The molecule has 2 atom stereocenters. The van der Waals surface area contributed by atoms with Crippen molar-refractivity contribution < 1.29 is 23.9 Å². The quantitative estimate of drug-likeness (QED) is 0.362. The number of rotatable bonds is 8. The molecule has 0 spiro atoms. The number of fused-ring (bicyclic) bond motifs is 2. The summed E-state index contributed by atoms with van der Waals surface area (Å²) in [5.41, 5.74) is 1.41. The van der Waals surface area contributed by atoms with Gasteiger partial charge in [0.05, 0.1) is 18.2 Å². The van der Waals surface area contributed by atoms with Crippen LogP contribution in [0.3, 0.4) is 0 Å². The lowest BCUT2D eigenvalue weighted by Gasteiger charge is -2.34. The topological polar surface area (TPSA) is 136 Å². The van der Waals surface area contributed by atoms with Gasteiger partial charge in [-0.25, -0.2) is 9.80 Å². The van der Waals surface area contributed by atoms with Crippen molar-refractivity contribution in [3.63, 3.8) is 0 Å². The first-order valence-electron chi connectivity index (χ1n) is 14.9. The number of carbonyl (C=O) groups excluding carboxylic acids is 4. The smallest absolute Gasteiger partial charge is 0.408 e. The molecule has 1 fully saturated rings. The number of alkyl carbamates (subject to hydrolysis) is 1. The summed E-state index contributed by atoms with van der Waals surface area (Å²) in [5, 5.41) is 12.5. The van der Waals surface area contributed by atoms with Gasteiger partial charge in [-0.15, -0.1) is 0 Å². The second kappa shape index (κ2) is 12.1. The lowest BCUT2D eigenvalue weighted by atomic mass is 9.94. The van der Waals surface area contributed by atoms with Crippen molar-refractivity contribution in [2.24, 2.45) is 11.0 Å². The van der Waals surface area contributed by atoms with Crippen molar-refractivity contribution in [3.05, 3.63) is 71.9 Å². The van der Waals surface area contributed by atoms with E-state index in [4.69, 9.17) is 4.74 Å². The monoisotopic (exact) mass is 600 g/mol. The predicted molar refractivity (Wildman–Crippen MR) is 166 cm³/mol. The zero-order chi connectivity index (χ0) is 31.6. The van der Waals surface area contributed by atoms with E-state index in [1.807, 2.05) is 60.8 Å². The number of aromatic amines is 1. The van der Waals surface area contributed by atoms with E-state index < -0.39 is 35.1 Å². The number of ether oxygens (including phenoxy) is 1. The number of nitrogens with one attached hydrogen (secondary N) is 3. The number of hydrogen-bond donors (Lipinski definition) is 3. The zero-order valence-corrected chi connectivity index (χ0v) is 25.8. The highest BCUT2D eigenvalue weighted by Gasteiger charge is 2.43. The first-order chi connectivity index (χ1) is 20.8. The number of likely N-dealkylation sites (tertiary alicyclic amines) is 1. The Labute approximate surface area is 257 Å². The third-order valence-corrected chi connectivity index (χ3v) is 7.82. The van der Waals surface area contributed by atoms with Crippen LogP contribution in [0.2, 0.25) is 0 Å². The number of nitrogens with zero attached hydrogens (tertiary/aromatic N) is 3. The van der Waals surface area contributed by atoms with E-state index in [0.29, 0.717) is 19.5 Å².